The predicted octanol–water partition coefficient (Wildman–Crippen LogP) is 3.30. The number of likely N-dealkylation sites (tertiary alicyclic amines) is 1. The molecule has 2 saturated heterocycles. The molecule has 2 aromatic heterocycles. The van der Waals surface area contributed by atoms with Gasteiger partial charge in [-0.3, -0.25) is 4.98 Å². The van der Waals surface area contributed by atoms with Crippen molar-refractivity contribution in [3.63, 3.8) is 0 Å². The lowest BCUT2D eigenvalue weighted by atomic mass is 10.0. The Morgan fingerprint density at radius 1 is 1.00 bits per heavy atom. The van der Waals surface area contributed by atoms with Gasteiger partial charge in [0.1, 0.15) is 5.69 Å². The van der Waals surface area contributed by atoms with Crippen LogP contribution in [0.2, 0.25) is 0 Å². The maximum atomic E-state index is 13.0. The number of anilines is 1. The fourth-order valence-electron chi connectivity index (χ4n) is 4.90. The Morgan fingerprint density at radius 2 is 1.79 bits per heavy atom. The molecule has 3 aromatic rings. The third-order valence-electron chi connectivity index (χ3n) is 6.77. The average Bonchev–Trinajstić information content (AvgIpc) is 2.88. The topological polar surface area (TPSA) is 85.7 Å². The van der Waals surface area contributed by atoms with E-state index < -0.39 is 0 Å². The first kappa shape index (κ1) is 21.6. The summed E-state index contributed by atoms with van der Waals surface area (Å²) in [7, 11) is 0. The fourth-order valence-corrected chi connectivity index (χ4v) is 4.90. The van der Waals surface area contributed by atoms with E-state index in [-0.39, 0.29) is 18.7 Å². The van der Waals surface area contributed by atoms with Crippen LogP contribution < -0.4 is 4.90 Å². The van der Waals surface area contributed by atoms with Crippen LogP contribution in [0.5, 0.6) is 0 Å². The van der Waals surface area contributed by atoms with Gasteiger partial charge in [-0.2, -0.15) is 0 Å². The number of hydrogen-bond acceptors (Lipinski definition) is 6. The molecule has 1 unspecified atom stereocenters. The molecule has 33 heavy (non-hydrogen) atoms. The largest absolute Gasteiger partial charge is 0.392 e. The number of piperidine rings is 1. The minimum Gasteiger partial charge on any atom is -0.392 e. The van der Waals surface area contributed by atoms with E-state index >= 15 is 0 Å². The lowest BCUT2D eigenvalue weighted by molar-refractivity contribution is 0.123. The number of piperazine rings is 1. The third kappa shape index (κ3) is 4.23. The molecule has 2 aliphatic heterocycles. The summed E-state index contributed by atoms with van der Waals surface area (Å²) in [6, 6.07) is 9.96. The Kier molecular flexibility index (Phi) is 6.09. The van der Waals surface area contributed by atoms with Crippen LogP contribution in [0.15, 0.2) is 42.7 Å². The summed E-state index contributed by atoms with van der Waals surface area (Å²) in [6.07, 6.45) is 7.04. The van der Waals surface area contributed by atoms with Crippen LogP contribution in [-0.2, 0) is 6.61 Å². The number of carbonyl (C=O) groups is 1. The molecule has 4 heterocycles. The molecule has 2 amide bonds. The number of aromatic nitrogens is 3. The minimum atomic E-state index is 0.0139. The number of urea groups is 1. The van der Waals surface area contributed by atoms with Crippen molar-refractivity contribution in [1.82, 2.24) is 25.0 Å². The zero-order valence-corrected chi connectivity index (χ0v) is 19.0. The molecule has 2 aliphatic rings. The molecule has 0 saturated carbocycles. The van der Waals surface area contributed by atoms with E-state index in [1.54, 1.807) is 6.20 Å². The van der Waals surface area contributed by atoms with Crippen molar-refractivity contribution >= 4 is 22.6 Å². The Hall–Kier alpha value is -3.26. The molecular weight excluding hydrogens is 416 g/mol. The molecule has 8 heteroatoms. The first-order valence-corrected chi connectivity index (χ1v) is 11.8. The van der Waals surface area contributed by atoms with Gasteiger partial charge >= 0.3 is 6.03 Å². The van der Waals surface area contributed by atoms with Crippen molar-refractivity contribution in [2.24, 2.45) is 0 Å². The standard InChI is InChI=1S/C25H30N6O2/c1-18-16-30(13-14-31(18)25(33)29-11-3-2-4-12-29)24-22-15-26-10-9-21(22)23(27-28-24)20-7-5-19(17-32)6-8-20/h5-10,15,18,32H,2-4,11-14,16-17H2,1H3. The summed E-state index contributed by atoms with van der Waals surface area (Å²) < 4.78 is 0. The van der Waals surface area contributed by atoms with Crippen molar-refractivity contribution < 1.29 is 9.90 Å². The summed E-state index contributed by atoms with van der Waals surface area (Å²) in [5.41, 5.74) is 2.61. The summed E-state index contributed by atoms with van der Waals surface area (Å²) in [4.78, 5) is 23.6. The van der Waals surface area contributed by atoms with Crippen molar-refractivity contribution in [3.8, 4) is 11.3 Å². The molecule has 1 atom stereocenters. The predicted molar refractivity (Wildman–Crippen MR) is 128 cm³/mol. The first-order chi connectivity index (χ1) is 16.2. The Labute approximate surface area is 193 Å². The number of pyridine rings is 1. The normalized spacial score (nSPS) is 19.2. The Bertz CT molecular complexity index is 1130. The number of hydrogen-bond donors (Lipinski definition) is 1. The molecule has 0 radical (unpaired) electrons. The molecule has 2 fully saturated rings. The van der Waals surface area contributed by atoms with E-state index in [0.29, 0.717) is 19.6 Å². The highest BCUT2D eigenvalue weighted by Crippen LogP contribution is 2.32. The number of amides is 2. The van der Waals surface area contributed by atoms with E-state index in [1.165, 1.54) is 6.42 Å². The van der Waals surface area contributed by atoms with Crippen LogP contribution in [0.3, 0.4) is 0 Å². The fraction of sp³-hybridized carbons (Fsp3) is 0.440. The smallest absolute Gasteiger partial charge is 0.320 e. The van der Waals surface area contributed by atoms with E-state index in [2.05, 4.69) is 27.0 Å². The maximum Gasteiger partial charge on any atom is 0.320 e. The molecule has 0 bridgehead atoms. The summed E-state index contributed by atoms with van der Waals surface area (Å²) in [5.74, 6) is 0.811. The molecule has 0 aliphatic carbocycles. The quantitative estimate of drug-likeness (QED) is 0.664. The Balaban J connectivity index is 1.40. The number of aliphatic hydroxyl groups is 1. The third-order valence-corrected chi connectivity index (χ3v) is 6.77. The first-order valence-electron chi connectivity index (χ1n) is 11.8. The lowest BCUT2D eigenvalue weighted by Crippen LogP contribution is -2.58. The molecule has 1 aromatic carbocycles. The van der Waals surface area contributed by atoms with Crippen LogP contribution in [0, 0.1) is 0 Å². The van der Waals surface area contributed by atoms with Crippen molar-refractivity contribution in [3.05, 3.63) is 48.3 Å². The number of nitrogens with zero attached hydrogens (tertiary/aromatic N) is 6. The van der Waals surface area contributed by atoms with Gasteiger partial charge in [0.25, 0.3) is 0 Å². The highest BCUT2D eigenvalue weighted by Gasteiger charge is 2.32. The van der Waals surface area contributed by atoms with Gasteiger partial charge in [-0.25, -0.2) is 4.79 Å². The van der Waals surface area contributed by atoms with E-state index in [4.69, 9.17) is 0 Å². The molecule has 5 rings (SSSR count). The second-order valence-electron chi connectivity index (χ2n) is 8.97. The summed E-state index contributed by atoms with van der Waals surface area (Å²) in [5, 5.41) is 20.5. The second-order valence-corrected chi connectivity index (χ2v) is 8.97. The number of aliphatic hydroxyl groups excluding tert-OH is 1. The number of benzene rings is 1. The zero-order chi connectivity index (χ0) is 22.8. The number of rotatable bonds is 3. The van der Waals surface area contributed by atoms with Crippen LogP contribution in [0.4, 0.5) is 10.6 Å². The maximum absolute atomic E-state index is 13.0. The average molecular weight is 447 g/mol. The molecule has 172 valence electrons. The van der Waals surface area contributed by atoms with Gasteiger partial charge in [-0.1, -0.05) is 24.3 Å². The van der Waals surface area contributed by atoms with Crippen molar-refractivity contribution in [2.45, 2.75) is 38.8 Å². The van der Waals surface area contributed by atoms with Gasteiger partial charge in [0.2, 0.25) is 0 Å². The van der Waals surface area contributed by atoms with Crippen LogP contribution in [0.25, 0.3) is 22.0 Å². The van der Waals surface area contributed by atoms with Crippen molar-refractivity contribution in [2.75, 3.05) is 37.6 Å². The van der Waals surface area contributed by atoms with Crippen LogP contribution in [-0.4, -0.2) is 74.9 Å². The SMILES string of the molecule is CC1CN(c2nnc(-c3ccc(CO)cc3)c3ccncc23)CCN1C(=O)N1CCCCC1. The molecular formula is C25H30N6O2. The zero-order valence-electron chi connectivity index (χ0n) is 19.0. The number of fused-ring (bicyclic) bond motifs is 1. The lowest BCUT2D eigenvalue weighted by Gasteiger charge is -2.43. The van der Waals surface area contributed by atoms with Crippen LogP contribution >= 0.6 is 0 Å². The van der Waals surface area contributed by atoms with Gasteiger partial charge < -0.3 is 19.8 Å². The van der Waals surface area contributed by atoms with E-state index in [0.717, 1.165) is 59.3 Å². The molecule has 0 spiro atoms. The van der Waals surface area contributed by atoms with E-state index in [9.17, 15) is 9.90 Å². The molecule has 8 nitrogen and oxygen atoms in total. The summed E-state index contributed by atoms with van der Waals surface area (Å²) in [6.45, 7) is 5.96. The minimum absolute atomic E-state index is 0.0139. The highest BCUT2D eigenvalue weighted by atomic mass is 16.3. The van der Waals surface area contributed by atoms with Gasteiger partial charge in [-0.05, 0) is 37.8 Å². The summed E-state index contributed by atoms with van der Waals surface area (Å²) >= 11 is 0. The monoisotopic (exact) mass is 446 g/mol. The van der Waals surface area contributed by atoms with Crippen molar-refractivity contribution in [1.29, 1.82) is 0 Å². The van der Waals surface area contributed by atoms with Gasteiger partial charge in [0.15, 0.2) is 5.82 Å². The van der Waals surface area contributed by atoms with Gasteiger partial charge in [-0.15, -0.1) is 10.2 Å². The van der Waals surface area contributed by atoms with Gasteiger partial charge in [0.05, 0.1) is 6.61 Å². The molecule has 1 N–H and O–H groups in total. The van der Waals surface area contributed by atoms with Crippen LogP contribution in [0.1, 0.15) is 31.7 Å². The second kappa shape index (κ2) is 9.31. The van der Waals surface area contributed by atoms with Gasteiger partial charge in [0, 0.05) is 67.5 Å². The van der Waals surface area contributed by atoms with E-state index in [1.807, 2.05) is 46.3 Å². The Morgan fingerprint density at radius 3 is 2.52 bits per heavy atom. The number of carbonyl (C=O) groups excluding carboxylic acids is 1. The highest BCUT2D eigenvalue weighted by molar-refractivity contribution is 5.99.